The Morgan fingerprint density at radius 2 is 1.95 bits per heavy atom. The Morgan fingerprint density at radius 3 is 2.48 bits per heavy atom. The maximum absolute atomic E-state index is 5.94. The summed E-state index contributed by atoms with van der Waals surface area (Å²) in [6, 6.07) is 0. The summed E-state index contributed by atoms with van der Waals surface area (Å²) in [4.78, 5) is 0. The van der Waals surface area contributed by atoms with Crippen molar-refractivity contribution in [3.8, 4) is 0 Å². The lowest BCUT2D eigenvalue weighted by atomic mass is 9.70. The van der Waals surface area contributed by atoms with Crippen molar-refractivity contribution >= 4 is 0 Å². The molecule has 2 aliphatic rings. The molecule has 0 aliphatic heterocycles. The van der Waals surface area contributed by atoms with Crippen LogP contribution in [-0.2, 0) is 4.74 Å². The van der Waals surface area contributed by atoms with Crippen molar-refractivity contribution in [2.24, 2.45) is 23.2 Å². The van der Waals surface area contributed by atoms with Gasteiger partial charge in [-0.25, -0.2) is 0 Å². The van der Waals surface area contributed by atoms with Gasteiger partial charge >= 0.3 is 0 Å². The maximum atomic E-state index is 5.94. The number of ether oxygens (including phenoxy) is 1. The van der Waals surface area contributed by atoms with Gasteiger partial charge in [-0.2, -0.15) is 0 Å². The molecule has 0 saturated heterocycles. The minimum atomic E-state index is 0.229. The summed E-state index contributed by atoms with van der Waals surface area (Å²) in [5, 5.41) is 3.79. The second-order valence-electron chi connectivity index (χ2n) is 9.09. The van der Waals surface area contributed by atoms with E-state index in [0.29, 0.717) is 5.41 Å². The number of fused-ring (bicyclic) bond motifs is 2. The largest absolute Gasteiger partial charge is 0.381 e. The first-order valence-corrected chi connectivity index (χ1v) is 9.13. The second kappa shape index (κ2) is 7.00. The van der Waals surface area contributed by atoms with E-state index in [-0.39, 0.29) is 5.54 Å². The Balaban J connectivity index is 1.82. The second-order valence-corrected chi connectivity index (χ2v) is 9.09. The molecule has 0 heterocycles. The van der Waals surface area contributed by atoms with Crippen LogP contribution in [0.1, 0.15) is 73.1 Å². The molecule has 2 rings (SSSR count). The maximum Gasteiger partial charge on any atom is 0.0471 e. The predicted molar refractivity (Wildman–Crippen MR) is 90.5 cm³/mol. The molecule has 2 bridgehead atoms. The summed E-state index contributed by atoms with van der Waals surface area (Å²) in [5.74, 6) is 2.71. The first kappa shape index (κ1) is 17.3. The van der Waals surface area contributed by atoms with Crippen LogP contribution in [0.5, 0.6) is 0 Å². The Hall–Kier alpha value is -0.0800. The van der Waals surface area contributed by atoms with Gasteiger partial charge < -0.3 is 10.1 Å². The molecule has 0 aromatic rings. The smallest absolute Gasteiger partial charge is 0.0471 e. The van der Waals surface area contributed by atoms with Crippen LogP contribution in [0.2, 0.25) is 0 Å². The van der Waals surface area contributed by atoms with Crippen molar-refractivity contribution in [2.45, 2.75) is 78.7 Å². The van der Waals surface area contributed by atoms with E-state index in [1.165, 1.54) is 45.1 Å². The lowest BCUT2D eigenvalue weighted by Crippen LogP contribution is -2.46. The molecule has 2 nitrogen and oxygen atoms in total. The summed E-state index contributed by atoms with van der Waals surface area (Å²) >= 11 is 0. The zero-order chi connectivity index (χ0) is 15.5. The molecule has 0 amide bonds. The van der Waals surface area contributed by atoms with E-state index in [2.05, 4.69) is 39.9 Å². The zero-order valence-electron chi connectivity index (χ0n) is 15.0. The Labute approximate surface area is 132 Å². The summed E-state index contributed by atoms with van der Waals surface area (Å²) < 4.78 is 5.94. The van der Waals surface area contributed by atoms with Gasteiger partial charge in [0.05, 0.1) is 0 Å². The van der Waals surface area contributed by atoms with Gasteiger partial charge in [-0.15, -0.1) is 0 Å². The molecular weight excluding hydrogens is 258 g/mol. The van der Waals surface area contributed by atoms with Gasteiger partial charge in [-0.1, -0.05) is 20.3 Å². The zero-order valence-corrected chi connectivity index (χ0v) is 15.0. The first-order valence-electron chi connectivity index (χ1n) is 9.13. The Bertz CT molecular complexity index is 320. The normalized spacial score (nSPS) is 32.3. The molecule has 0 aromatic heterocycles. The van der Waals surface area contributed by atoms with Crippen LogP contribution < -0.4 is 5.32 Å². The summed E-state index contributed by atoms with van der Waals surface area (Å²) in [7, 11) is 0. The van der Waals surface area contributed by atoms with E-state index >= 15 is 0 Å². The monoisotopic (exact) mass is 295 g/mol. The predicted octanol–water partition coefficient (Wildman–Crippen LogP) is 4.63. The quantitative estimate of drug-likeness (QED) is 0.659. The van der Waals surface area contributed by atoms with Crippen LogP contribution in [0, 0.1) is 23.2 Å². The van der Waals surface area contributed by atoms with Crippen LogP contribution >= 0.6 is 0 Å². The average molecular weight is 296 g/mol. The van der Waals surface area contributed by atoms with Gasteiger partial charge in [0.25, 0.3) is 0 Å². The third-order valence-corrected chi connectivity index (χ3v) is 5.66. The van der Waals surface area contributed by atoms with Crippen molar-refractivity contribution in [1.82, 2.24) is 5.32 Å². The SMILES string of the molecule is CC(C)CCOCCC1(CNC(C)(C)C)CC2CCC1C2. The van der Waals surface area contributed by atoms with Crippen LogP contribution in [0.3, 0.4) is 0 Å². The van der Waals surface area contributed by atoms with Crippen LogP contribution in [0.25, 0.3) is 0 Å². The van der Waals surface area contributed by atoms with Gasteiger partial charge in [-0.3, -0.25) is 0 Å². The molecule has 2 fully saturated rings. The molecule has 2 saturated carbocycles. The Morgan fingerprint density at radius 1 is 1.19 bits per heavy atom. The minimum Gasteiger partial charge on any atom is -0.381 e. The van der Waals surface area contributed by atoms with Gasteiger partial charge in [0.15, 0.2) is 0 Å². The third-order valence-electron chi connectivity index (χ3n) is 5.66. The fourth-order valence-electron chi connectivity index (χ4n) is 4.31. The third kappa shape index (κ3) is 4.96. The van der Waals surface area contributed by atoms with Crippen molar-refractivity contribution < 1.29 is 4.74 Å². The molecule has 0 radical (unpaired) electrons. The van der Waals surface area contributed by atoms with Crippen molar-refractivity contribution in [3.05, 3.63) is 0 Å². The van der Waals surface area contributed by atoms with Crippen LogP contribution in [0.4, 0.5) is 0 Å². The van der Waals surface area contributed by atoms with Crippen molar-refractivity contribution in [2.75, 3.05) is 19.8 Å². The molecule has 21 heavy (non-hydrogen) atoms. The van der Waals surface area contributed by atoms with Crippen molar-refractivity contribution in [3.63, 3.8) is 0 Å². The number of rotatable bonds is 8. The number of hydrogen-bond acceptors (Lipinski definition) is 2. The molecule has 2 aliphatic carbocycles. The fraction of sp³-hybridized carbons (Fsp3) is 1.00. The van der Waals surface area contributed by atoms with E-state index in [9.17, 15) is 0 Å². The molecule has 1 N–H and O–H groups in total. The van der Waals surface area contributed by atoms with Gasteiger partial charge in [-0.05, 0) is 76.0 Å². The van der Waals surface area contributed by atoms with Crippen LogP contribution in [-0.4, -0.2) is 25.3 Å². The average Bonchev–Trinajstić information content (AvgIpc) is 2.96. The highest BCUT2D eigenvalue weighted by molar-refractivity contribution is 5.02. The number of hydrogen-bond donors (Lipinski definition) is 1. The molecule has 124 valence electrons. The summed E-state index contributed by atoms with van der Waals surface area (Å²) in [6.45, 7) is 14.5. The highest BCUT2D eigenvalue weighted by atomic mass is 16.5. The van der Waals surface area contributed by atoms with E-state index in [1.807, 2.05) is 0 Å². The highest BCUT2D eigenvalue weighted by Gasteiger charge is 2.50. The fourth-order valence-corrected chi connectivity index (χ4v) is 4.31. The molecule has 0 spiro atoms. The van der Waals surface area contributed by atoms with E-state index in [1.54, 1.807) is 0 Å². The molecule has 3 unspecified atom stereocenters. The Kier molecular flexibility index (Phi) is 5.76. The molecular formula is C19H37NO. The van der Waals surface area contributed by atoms with E-state index in [4.69, 9.17) is 4.74 Å². The molecule has 2 heteroatoms. The molecule has 3 atom stereocenters. The van der Waals surface area contributed by atoms with Gasteiger partial charge in [0.2, 0.25) is 0 Å². The van der Waals surface area contributed by atoms with Gasteiger partial charge in [0, 0.05) is 25.3 Å². The topological polar surface area (TPSA) is 21.3 Å². The lowest BCUT2D eigenvalue weighted by Gasteiger charge is -2.40. The highest BCUT2D eigenvalue weighted by Crippen LogP contribution is 2.57. The lowest BCUT2D eigenvalue weighted by molar-refractivity contribution is 0.0548. The van der Waals surface area contributed by atoms with Gasteiger partial charge in [0.1, 0.15) is 0 Å². The van der Waals surface area contributed by atoms with E-state index in [0.717, 1.165) is 31.0 Å². The van der Waals surface area contributed by atoms with E-state index < -0.39 is 0 Å². The number of nitrogens with one attached hydrogen (secondary N) is 1. The van der Waals surface area contributed by atoms with Crippen molar-refractivity contribution in [1.29, 1.82) is 0 Å². The first-order chi connectivity index (χ1) is 9.81. The minimum absolute atomic E-state index is 0.229. The summed E-state index contributed by atoms with van der Waals surface area (Å²) in [6.07, 6.45) is 8.32. The summed E-state index contributed by atoms with van der Waals surface area (Å²) in [5.41, 5.74) is 0.751. The van der Waals surface area contributed by atoms with Crippen LogP contribution in [0.15, 0.2) is 0 Å². The molecule has 0 aromatic carbocycles. The standard InChI is InChI=1S/C19H37NO/c1-15(2)8-10-21-11-9-19(14-20-18(3,4)5)13-16-6-7-17(19)12-16/h15-17,20H,6-14H2,1-5H3.